The number of nitrogens with two attached hydrogens (primary N) is 1. The van der Waals surface area contributed by atoms with E-state index in [0.29, 0.717) is 26.1 Å². The Bertz CT molecular complexity index is 1380. The topological polar surface area (TPSA) is 155 Å². The number of rotatable bonds is 13. The summed E-state index contributed by atoms with van der Waals surface area (Å²) in [5.74, 6) is -1.19. The zero-order valence-corrected chi connectivity index (χ0v) is 27.1. The quantitative estimate of drug-likeness (QED) is 0.190. The van der Waals surface area contributed by atoms with Crippen LogP contribution in [0.3, 0.4) is 0 Å². The second kappa shape index (κ2) is 16.4. The van der Waals surface area contributed by atoms with Gasteiger partial charge in [-0.1, -0.05) is 60.7 Å². The predicted molar refractivity (Wildman–Crippen MR) is 179 cm³/mol. The van der Waals surface area contributed by atoms with Gasteiger partial charge >= 0.3 is 0 Å². The molecular formula is C35H48N8O4. The fraction of sp³-hybridized carbons (Fsp3) is 0.514. The van der Waals surface area contributed by atoms with Crippen molar-refractivity contribution in [2.24, 2.45) is 11.7 Å². The highest BCUT2D eigenvalue weighted by atomic mass is 16.2. The van der Waals surface area contributed by atoms with Gasteiger partial charge in [-0.25, -0.2) is 5.01 Å². The molecule has 0 unspecified atom stereocenters. The van der Waals surface area contributed by atoms with Crippen LogP contribution in [0, 0.1) is 11.3 Å². The number of benzene rings is 2. The molecule has 3 atom stereocenters. The second-order valence-electron chi connectivity index (χ2n) is 12.9. The molecule has 0 bridgehead atoms. The van der Waals surface area contributed by atoms with Crippen molar-refractivity contribution in [3.8, 4) is 0 Å². The molecule has 252 valence electrons. The molecule has 5 N–H and O–H groups in total. The van der Waals surface area contributed by atoms with Crippen molar-refractivity contribution in [1.82, 2.24) is 30.5 Å². The molecule has 3 heterocycles. The van der Waals surface area contributed by atoms with Crippen LogP contribution >= 0.6 is 0 Å². The van der Waals surface area contributed by atoms with Crippen LogP contribution in [-0.4, -0.2) is 107 Å². The Balaban J connectivity index is 1.27. The highest BCUT2D eigenvalue weighted by Gasteiger charge is 2.40. The normalized spacial score (nSPS) is 21.1. The van der Waals surface area contributed by atoms with Crippen molar-refractivity contribution in [1.29, 1.82) is 5.41 Å². The van der Waals surface area contributed by atoms with E-state index in [9.17, 15) is 19.2 Å². The third-order valence-electron chi connectivity index (χ3n) is 9.40. The molecule has 0 radical (unpaired) electrons. The Morgan fingerprint density at radius 2 is 1.62 bits per heavy atom. The van der Waals surface area contributed by atoms with Crippen LogP contribution in [0.4, 0.5) is 0 Å². The Morgan fingerprint density at radius 1 is 0.936 bits per heavy atom. The molecule has 0 aliphatic carbocycles. The summed E-state index contributed by atoms with van der Waals surface area (Å²) in [6, 6.07) is 17.9. The molecular weight excluding hydrogens is 596 g/mol. The van der Waals surface area contributed by atoms with Crippen molar-refractivity contribution >= 4 is 29.6 Å². The molecule has 0 spiro atoms. The van der Waals surface area contributed by atoms with Crippen LogP contribution in [0.2, 0.25) is 0 Å². The van der Waals surface area contributed by atoms with Gasteiger partial charge in [-0.3, -0.25) is 30.0 Å². The lowest BCUT2D eigenvalue weighted by atomic mass is 9.91. The largest absolute Gasteiger partial charge is 0.370 e. The Labute approximate surface area is 277 Å². The molecule has 3 fully saturated rings. The first-order valence-electron chi connectivity index (χ1n) is 16.9. The molecule has 0 saturated carbocycles. The first-order chi connectivity index (χ1) is 22.8. The number of guanidine groups is 1. The van der Waals surface area contributed by atoms with Crippen molar-refractivity contribution in [2.75, 3.05) is 45.8 Å². The van der Waals surface area contributed by atoms with E-state index < -0.39 is 18.0 Å². The average molecular weight is 645 g/mol. The number of amides is 4. The lowest BCUT2D eigenvalue weighted by molar-refractivity contribution is -0.157. The summed E-state index contributed by atoms with van der Waals surface area (Å²) in [5.41, 5.74) is 10.8. The van der Waals surface area contributed by atoms with Gasteiger partial charge in [0.15, 0.2) is 5.96 Å². The fourth-order valence-electron chi connectivity index (χ4n) is 6.89. The number of carbonyl (C=O) groups is 4. The lowest BCUT2D eigenvalue weighted by Gasteiger charge is -2.40. The van der Waals surface area contributed by atoms with Gasteiger partial charge in [0.25, 0.3) is 5.91 Å². The molecule has 12 heteroatoms. The monoisotopic (exact) mass is 644 g/mol. The summed E-state index contributed by atoms with van der Waals surface area (Å²) in [6.07, 6.45) is 5.85. The van der Waals surface area contributed by atoms with Gasteiger partial charge < -0.3 is 25.8 Å². The predicted octanol–water partition coefficient (Wildman–Crippen LogP) is 1.51. The van der Waals surface area contributed by atoms with E-state index in [-0.39, 0.29) is 49.1 Å². The number of likely N-dealkylation sites (tertiary alicyclic amines) is 1. The highest BCUT2D eigenvalue weighted by Crippen LogP contribution is 2.22. The van der Waals surface area contributed by atoms with E-state index in [1.165, 1.54) is 10.5 Å². The van der Waals surface area contributed by atoms with E-state index >= 15 is 0 Å². The van der Waals surface area contributed by atoms with Crippen LogP contribution in [-0.2, 0) is 32.0 Å². The Morgan fingerprint density at radius 3 is 2.30 bits per heavy atom. The number of hydrogen-bond donors (Lipinski definition) is 4. The van der Waals surface area contributed by atoms with E-state index in [4.69, 9.17) is 11.1 Å². The van der Waals surface area contributed by atoms with E-state index in [0.717, 1.165) is 57.2 Å². The minimum Gasteiger partial charge on any atom is -0.370 e. The zero-order valence-electron chi connectivity index (χ0n) is 27.1. The number of hydrazine groups is 1. The van der Waals surface area contributed by atoms with Gasteiger partial charge in [0.2, 0.25) is 17.7 Å². The van der Waals surface area contributed by atoms with Crippen LogP contribution in [0.5, 0.6) is 0 Å². The van der Waals surface area contributed by atoms with Crippen LogP contribution < -0.4 is 16.5 Å². The Kier molecular flexibility index (Phi) is 11.8. The first-order valence-corrected chi connectivity index (χ1v) is 16.9. The maximum atomic E-state index is 13.9. The SMILES string of the molecule is N=C(N)N1CCC[C@@H](C[C@H](NC(=O)CN2C(=O)CN(CCCc3ccccc3)C(=O)[C@H]2Cc2ccccc2)C(=O)NN2CCCC2)C1. The van der Waals surface area contributed by atoms with Crippen LogP contribution in [0.25, 0.3) is 0 Å². The minimum absolute atomic E-state index is 0.00338. The van der Waals surface area contributed by atoms with Gasteiger partial charge in [0.1, 0.15) is 18.6 Å². The van der Waals surface area contributed by atoms with Gasteiger partial charge in [0.05, 0.1) is 6.54 Å². The average Bonchev–Trinajstić information content (AvgIpc) is 3.59. The number of aryl methyl sites for hydroxylation is 1. The maximum absolute atomic E-state index is 13.9. The third kappa shape index (κ3) is 9.54. The van der Waals surface area contributed by atoms with Gasteiger partial charge in [0, 0.05) is 39.1 Å². The molecule has 47 heavy (non-hydrogen) atoms. The minimum atomic E-state index is -0.835. The van der Waals surface area contributed by atoms with Crippen molar-refractivity contribution < 1.29 is 19.2 Å². The molecule has 2 aromatic rings. The van der Waals surface area contributed by atoms with Crippen molar-refractivity contribution in [3.63, 3.8) is 0 Å². The third-order valence-corrected chi connectivity index (χ3v) is 9.40. The van der Waals surface area contributed by atoms with E-state index in [1.54, 1.807) is 9.80 Å². The smallest absolute Gasteiger partial charge is 0.256 e. The van der Waals surface area contributed by atoms with Crippen LogP contribution in [0.1, 0.15) is 49.7 Å². The molecule has 2 aromatic carbocycles. The molecule has 3 saturated heterocycles. The summed E-state index contributed by atoms with van der Waals surface area (Å²) >= 11 is 0. The highest BCUT2D eigenvalue weighted by molar-refractivity contribution is 5.97. The summed E-state index contributed by atoms with van der Waals surface area (Å²) in [5, 5.41) is 12.6. The van der Waals surface area contributed by atoms with E-state index in [1.807, 2.05) is 65.7 Å². The van der Waals surface area contributed by atoms with Crippen LogP contribution in [0.15, 0.2) is 60.7 Å². The maximum Gasteiger partial charge on any atom is 0.256 e. The summed E-state index contributed by atoms with van der Waals surface area (Å²) in [4.78, 5) is 59.4. The van der Waals surface area contributed by atoms with Gasteiger partial charge in [-0.05, 0) is 62.0 Å². The number of nitrogens with zero attached hydrogens (tertiary/aromatic N) is 4. The first kappa shape index (κ1) is 33.9. The number of nitrogens with one attached hydrogen (secondary N) is 3. The number of piperidine rings is 1. The molecule has 3 aliphatic heterocycles. The van der Waals surface area contributed by atoms with Gasteiger partial charge in [-0.15, -0.1) is 0 Å². The van der Waals surface area contributed by atoms with Crippen molar-refractivity contribution in [3.05, 3.63) is 71.8 Å². The number of carbonyl (C=O) groups excluding carboxylic acids is 4. The van der Waals surface area contributed by atoms with E-state index in [2.05, 4.69) is 10.7 Å². The number of hydrogen-bond acceptors (Lipinski definition) is 6. The van der Waals surface area contributed by atoms with Gasteiger partial charge in [-0.2, -0.15) is 0 Å². The lowest BCUT2D eigenvalue weighted by Crippen LogP contribution is -2.63. The summed E-state index contributed by atoms with van der Waals surface area (Å²) in [7, 11) is 0. The molecule has 4 amide bonds. The molecule has 3 aliphatic rings. The standard InChI is InChI=1S/C35H48N8O4/c36-35(37)41-18-10-16-28(23-41)21-29(33(46)39-42-19-7-8-20-42)38-31(44)24-43-30(22-27-13-5-2-6-14-27)34(47)40(25-32(43)45)17-9-15-26-11-3-1-4-12-26/h1-6,11-14,28-30H,7-10,15-25H2,(H3,36,37)(H,38,44)(H,39,46)/t28-,29-,30+/m0/s1. The Hall–Kier alpha value is -4.45. The molecule has 5 rings (SSSR count). The fourth-order valence-corrected chi connectivity index (χ4v) is 6.89. The zero-order chi connectivity index (χ0) is 33.2. The number of piperazine rings is 1. The van der Waals surface area contributed by atoms with Crippen molar-refractivity contribution in [2.45, 2.75) is 63.5 Å². The summed E-state index contributed by atoms with van der Waals surface area (Å²) in [6.45, 7) is 2.77. The second-order valence-corrected chi connectivity index (χ2v) is 12.9. The summed E-state index contributed by atoms with van der Waals surface area (Å²) < 4.78 is 0. The molecule has 12 nitrogen and oxygen atoms in total. The molecule has 0 aromatic heterocycles.